The standard InChI is InChI=1S/C16H15NO4/c1-10-8-16(2,21-15(10)19)9-20-12-5-3-4-11-6-7-13(18)17-14(11)12/h3-7H,1,8-9H2,2H3,(H,17,18). The molecule has 1 saturated heterocycles. The number of fused-ring (bicyclic) bond motifs is 1. The third-order valence-electron chi connectivity index (χ3n) is 3.47. The summed E-state index contributed by atoms with van der Waals surface area (Å²) >= 11 is 0. The van der Waals surface area contributed by atoms with Gasteiger partial charge < -0.3 is 14.5 Å². The SMILES string of the molecule is C=C1CC(C)(COc2cccc3ccc(=O)[nH]c23)OC1=O. The number of aromatic nitrogens is 1. The van der Waals surface area contributed by atoms with Crippen LogP contribution in [0.3, 0.4) is 0 Å². The minimum absolute atomic E-state index is 0.189. The van der Waals surface area contributed by atoms with Crippen molar-refractivity contribution in [3.63, 3.8) is 0 Å². The van der Waals surface area contributed by atoms with Gasteiger partial charge in [-0.1, -0.05) is 18.7 Å². The molecule has 2 heterocycles. The van der Waals surface area contributed by atoms with Crippen molar-refractivity contribution >= 4 is 16.9 Å². The third-order valence-corrected chi connectivity index (χ3v) is 3.47. The van der Waals surface area contributed by atoms with Crippen LogP contribution < -0.4 is 10.3 Å². The van der Waals surface area contributed by atoms with E-state index < -0.39 is 5.60 Å². The molecule has 5 nitrogen and oxygen atoms in total. The number of hydrogen-bond donors (Lipinski definition) is 1. The van der Waals surface area contributed by atoms with Gasteiger partial charge in [-0.15, -0.1) is 0 Å². The van der Waals surface area contributed by atoms with E-state index in [-0.39, 0.29) is 18.1 Å². The smallest absolute Gasteiger partial charge is 0.334 e. The van der Waals surface area contributed by atoms with Crippen LogP contribution >= 0.6 is 0 Å². The van der Waals surface area contributed by atoms with Gasteiger partial charge in [0.2, 0.25) is 5.56 Å². The van der Waals surface area contributed by atoms with Crippen molar-refractivity contribution in [1.82, 2.24) is 4.98 Å². The Bertz CT molecular complexity index is 774. The van der Waals surface area contributed by atoms with Gasteiger partial charge in [0.1, 0.15) is 18.0 Å². The lowest BCUT2D eigenvalue weighted by Crippen LogP contribution is -2.32. The summed E-state index contributed by atoms with van der Waals surface area (Å²) in [5.41, 5.74) is 0.181. The van der Waals surface area contributed by atoms with Crippen LogP contribution in [0.4, 0.5) is 0 Å². The number of carbonyl (C=O) groups excluding carboxylic acids is 1. The first-order chi connectivity index (χ1) is 9.97. The normalized spacial score (nSPS) is 21.6. The minimum atomic E-state index is -0.717. The summed E-state index contributed by atoms with van der Waals surface area (Å²) < 4.78 is 11.1. The highest BCUT2D eigenvalue weighted by Gasteiger charge is 2.39. The summed E-state index contributed by atoms with van der Waals surface area (Å²) in [6.07, 6.45) is 0.438. The zero-order valence-corrected chi connectivity index (χ0v) is 11.6. The van der Waals surface area contributed by atoms with Crippen molar-refractivity contribution in [3.8, 4) is 5.75 Å². The highest BCUT2D eigenvalue weighted by molar-refractivity contribution is 5.90. The molecule has 3 rings (SSSR count). The molecular formula is C16H15NO4. The Labute approximate surface area is 121 Å². The van der Waals surface area contributed by atoms with Gasteiger partial charge in [0.15, 0.2) is 0 Å². The molecule has 1 atom stereocenters. The van der Waals surface area contributed by atoms with Gasteiger partial charge >= 0.3 is 5.97 Å². The topological polar surface area (TPSA) is 68.4 Å². The number of carbonyl (C=O) groups is 1. The average molecular weight is 285 g/mol. The molecule has 0 spiro atoms. The molecule has 0 radical (unpaired) electrons. The molecular weight excluding hydrogens is 270 g/mol. The van der Waals surface area contributed by atoms with Crippen LogP contribution in [0.15, 0.2) is 47.3 Å². The average Bonchev–Trinajstić information content (AvgIpc) is 2.70. The van der Waals surface area contributed by atoms with Crippen LogP contribution in [0.5, 0.6) is 5.75 Å². The number of rotatable bonds is 3. The van der Waals surface area contributed by atoms with E-state index >= 15 is 0 Å². The van der Waals surface area contributed by atoms with Crippen LogP contribution in [0.1, 0.15) is 13.3 Å². The highest BCUT2D eigenvalue weighted by Crippen LogP contribution is 2.31. The van der Waals surface area contributed by atoms with E-state index in [1.165, 1.54) is 6.07 Å². The lowest BCUT2D eigenvalue weighted by Gasteiger charge is -2.22. The molecule has 1 aliphatic heterocycles. The second-order valence-corrected chi connectivity index (χ2v) is 5.45. The van der Waals surface area contributed by atoms with Crippen molar-refractivity contribution in [2.45, 2.75) is 18.9 Å². The van der Waals surface area contributed by atoms with Crippen LogP contribution in [-0.2, 0) is 9.53 Å². The second kappa shape index (κ2) is 4.77. The van der Waals surface area contributed by atoms with Gasteiger partial charge in [0, 0.05) is 23.4 Å². The number of benzene rings is 1. The van der Waals surface area contributed by atoms with E-state index in [9.17, 15) is 9.59 Å². The molecule has 0 bridgehead atoms. The molecule has 1 unspecified atom stereocenters. The predicted octanol–water partition coefficient (Wildman–Crippen LogP) is 2.17. The van der Waals surface area contributed by atoms with Crippen molar-refractivity contribution in [1.29, 1.82) is 0 Å². The van der Waals surface area contributed by atoms with Gasteiger partial charge in [0.05, 0.1) is 5.52 Å². The molecule has 5 heteroatoms. The third kappa shape index (κ3) is 2.54. The van der Waals surface area contributed by atoms with E-state index in [0.29, 0.717) is 23.3 Å². The number of cyclic esters (lactones) is 1. The number of esters is 1. The molecule has 0 amide bonds. The fraction of sp³-hybridized carbons (Fsp3) is 0.250. The molecule has 1 aromatic carbocycles. The van der Waals surface area contributed by atoms with Gasteiger partial charge in [-0.2, -0.15) is 0 Å². The molecule has 108 valence electrons. The number of pyridine rings is 1. The predicted molar refractivity (Wildman–Crippen MR) is 78.3 cm³/mol. The minimum Gasteiger partial charge on any atom is -0.487 e. The number of ether oxygens (including phenoxy) is 2. The molecule has 21 heavy (non-hydrogen) atoms. The van der Waals surface area contributed by atoms with Crippen LogP contribution in [0, 0.1) is 0 Å². The number of H-pyrrole nitrogens is 1. The van der Waals surface area contributed by atoms with E-state index in [1.54, 1.807) is 19.1 Å². The molecule has 1 aliphatic rings. The van der Waals surface area contributed by atoms with Crippen molar-refractivity contribution < 1.29 is 14.3 Å². The largest absolute Gasteiger partial charge is 0.487 e. The zero-order valence-electron chi connectivity index (χ0n) is 11.6. The van der Waals surface area contributed by atoms with Gasteiger partial charge in [-0.05, 0) is 19.1 Å². The Kier molecular flexibility index (Phi) is 3.05. The lowest BCUT2D eigenvalue weighted by atomic mass is 10.0. The number of para-hydroxylation sites is 1. The summed E-state index contributed by atoms with van der Waals surface area (Å²) in [4.78, 5) is 25.6. The van der Waals surface area contributed by atoms with Crippen LogP contribution in [0.25, 0.3) is 10.9 Å². The molecule has 1 aromatic heterocycles. The summed E-state index contributed by atoms with van der Waals surface area (Å²) in [7, 11) is 0. The summed E-state index contributed by atoms with van der Waals surface area (Å²) in [6.45, 7) is 5.67. The number of nitrogens with one attached hydrogen (secondary N) is 1. The number of aromatic amines is 1. The summed E-state index contributed by atoms with van der Waals surface area (Å²) in [6, 6.07) is 8.71. The first kappa shape index (κ1) is 13.4. The molecule has 1 fully saturated rings. The lowest BCUT2D eigenvalue weighted by molar-refractivity contribution is -0.147. The highest BCUT2D eigenvalue weighted by atomic mass is 16.6. The number of hydrogen-bond acceptors (Lipinski definition) is 4. The molecule has 0 aliphatic carbocycles. The maximum Gasteiger partial charge on any atom is 0.334 e. The second-order valence-electron chi connectivity index (χ2n) is 5.45. The molecule has 1 N–H and O–H groups in total. The Morgan fingerprint density at radius 2 is 2.14 bits per heavy atom. The van der Waals surface area contributed by atoms with Crippen molar-refractivity contribution in [2.75, 3.05) is 6.61 Å². The molecule has 0 saturated carbocycles. The van der Waals surface area contributed by atoms with Gasteiger partial charge in [-0.25, -0.2) is 4.79 Å². The van der Waals surface area contributed by atoms with E-state index in [0.717, 1.165) is 5.39 Å². The van der Waals surface area contributed by atoms with Crippen LogP contribution in [0.2, 0.25) is 0 Å². The van der Waals surface area contributed by atoms with E-state index in [2.05, 4.69) is 11.6 Å². The van der Waals surface area contributed by atoms with Crippen LogP contribution in [-0.4, -0.2) is 23.2 Å². The summed E-state index contributed by atoms with van der Waals surface area (Å²) in [5.74, 6) is 0.174. The van der Waals surface area contributed by atoms with E-state index in [1.807, 2.05) is 12.1 Å². The Balaban J connectivity index is 1.86. The van der Waals surface area contributed by atoms with Gasteiger partial charge in [0.25, 0.3) is 0 Å². The maximum atomic E-state index is 11.5. The van der Waals surface area contributed by atoms with Gasteiger partial charge in [-0.3, -0.25) is 4.79 Å². The Hall–Kier alpha value is -2.56. The quantitative estimate of drug-likeness (QED) is 0.693. The Morgan fingerprint density at radius 3 is 2.86 bits per heavy atom. The molecule has 2 aromatic rings. The zero-order chi connectivity index (χ0) is 15.0. The maximum absolute atomic E-state index is 11.5. The van der Waals surface area contributed by atoms with E-state index in [4.69, 9.17) is 9.47 Å². The monoisotopic (exact) mass is 285 g/mol. The summed E-state index contributed by atoms with van der Waals surface area (Å²) in [5, 5.41) is 0.880. The fourth-order valence-electron chi connectivity index (χ4n) is 2.44. The first-order valence-electron chi connectivity index (χ1n) is 6.63. The van der Waals surface area contributed by atoms with Crippen molar-refractivity contribution in [2.24, 2.45) is 0 Å². The fourth-order valence-corrected chi connectivity index (χ4v) is 2.44. The Morgan fingerprint density at radius 1 is 1.33 bits per heavy atom. The first-order valence-corrected chi connectivity index (χ1v) is 6.63. The van der Waals surface area contributed by atoms with Crippen molar-refractivity contribution in [3.05, 3.63) is 52.8 Å².